The fourth-order valence-electron chi connectivity index (χ4n) is 1.02. The number of benzene rings is 1. The normalized spacial score (nSPS) is 10.1. The van der Waals surface area contributed by atoms with Crippen molar-refractivity contribution in [2.45, 2.75) is 6.61 Å². The Kier molecular flexibility index (Phi) is 2.84. The highest BCUT2D eigenvalue weighted by atomic mass is 79.9. The molecule has 2 aromatic rings. The Hall–Kier alpha value is -1.29. The molecule has 0 N–H and O–H groups in total. The van der Waals surface area contributed by atoms with Gasteiger partial charge in [-0.3, -0.25) is 0 Å². The molecule has 0 fully saturated rings. The molecule has 0 aliphatic rings. The first kappa shape index (κ1) is 9.27. The summed E-state index contributed by atoms with van der Waals surface area (Å²) in [5, 5.41) is 0. The van der Waals surface area contributed by atoms with E-state index in [1.807, 2.05) is 30.3 Å². The van der Waals surface area contributed by atoms with E-state index >= 15 is 0 Å². The second-order valence-electron chi connectivity index (χ2n) is 2.68. The van der Waals surface area contributed by atoms with Gasteiger partial charge >= 0.3 is 0 Å². The summed E-state index contributed by atoms with van der Waals surface area (Å²) >= 11 is 3.13. The van der Waals surface area contributed by atoms with Crippen LogP contribution in [-0.4, -0.2) is 4.98 Å². The average Bonchev–Trinajstić information content (AvgIpc) is 2.63. The van der Waals surface area contributed by atoms with Crippen molar-refractivity contribution in [2.24, 2.45) is 0 Å². The molecule has 2 rings (SSSR count). The molecule has 1 heterocycles. The molecule has 3 nitrogen and oxygen atoms in total. The molecule has 0 saturated carbocycles. The van der Waals surface area contributed by atoms with Gasteiger partial charge in [0.25, 0.3) is 4.80 Å². The van der Waals surface area contributed by atoms with Gasteiger partial charge in [-0.15, -0.1) is 0 Å². The standard InChI is InChI=1S/C10H8BrNO2/c11-10-12-6-9(14-10)7-13-8-4-2-1-3-5-8/h1-6H,7H2. The predicted octanol–water partition coefficient (Wildman–Crippen LogP) is 3.02. The van der Waals surface area contributed by atoms with Gasteiger partial charge in [0, 0.05) is 15.9 Å². The van der Waals surface area contributed by atoms with E-state index in [2.05, 4.69) is 20.9 Å². The number of oxazole rings is 1. The lowest BCUT2D eigenvalue weighted by Gasteiger charge is -2.01. The molecular weight excluding hydrogens is 246 g/mol. The fourth-order valence-corrected chi connectivity index (χ4v) is 1.33. The van der Waals surface area contributed by atoms with Crippen LogP contribution in [0.25, 0.3) is 0 Å². The van der Waals surface area contributed by atoms with Crippen LogP contribution < -0.4 is 4.74 Å². The van der Waals surface area contributed by atoms with Crippen LogP contribution in [0.15, 0.2) is 45.7 Å². The summed E-state index contributed by atoms with van der Waals surface area (Å²) in [4.78, 5) is 4.37. The van der Waals surface area contributed by atoms with E-state index in [1.54, 1.807) is 6.20 Å². The van der Waals surface area contributed by atoms with E-state index < -0.39 is 0 Å². The fraction of sp³-hybridized carbons (Fsp3) is 0.100. The molecule has 0 aliphatic heterocycles. The highest BCUT2D eigenvalue weighted by Gasteiger charge is 2.01. The Morgan fingerprint density at radius 2 is 2.07 bits per heavy atom. The average molecular weight is 254 g/mol. The Balaban J connectivity index is 1.95. The first-order valence-corrected chi connectivity index (χ1v) is 4.92. The van der Waals surface area contributed by atoms with Crippen LogP contribution in [0.1, 0.15) is 5.76 Å². The van der Waals surface area contributed by atoms with Crippen molar-refractivity contribution in [3.05, 3.63) is 47.1 Å². The second kappa shape index (κ2) is 4.28. The summed E-state index contributed by atoms with van der Waals surface area (Å²) in [5.74, 6) is 1.51. The minimum Gasteiger partial charge on any atom is -0.486 e. The highest BCUT2D eigenvalue weighted by molar-refractivity contribution is 9.10. The third-order valence-corrected chi connectivity index (χ3v) is 2.02. The van der Waals surface area contributed by atoms with Crippen LogP contribution in [0, 0.1) is 0 Å². The van der Waals surface area contributed by atoms with Crippen molar-refractivity contribution in [2.75, 3.05) is 0 Å². The Morgan fingerprint density at radius 3 is 2.71 bits per heavy atom. The van der Waals surface area contributed by atoms with Crippen LogP contribution in [0.3, 0.4) is 0 Å². The van der Waals surface area contributed by atoms with E-state index in [0.29, 0.717) is 17.2 Å². The van der Waals surface area contributed by atoms with Crippen molar-refractivity contribution in [1.29, 1.82) is 0 Å². The van der Waals surface area contributed by atoms with E-state index in [4.69, 9.17) is 9.15 Å². The number of para-hydroxylation sites is 1. The molecule has 1 aromatic carbocycles. The number of rotatable bonds is 3. The molecule has 0 atom stereocenters. The minimum absolute atomic E-state index is 0.391. The van der Waals surface area contributed by atoms with Gasteiger partial charge < -0.3 is 9.15 Å². The monoisotopic (exact) mass is 253 g/mol. The van der Waals surface area contributed by atoms with Gasteiger partial charge in [0.15, 0.2) is 5.76 Å². The van der Waals surface area contributed by atoms with Gasteiger partial charge in [-0.05, 0) is 12.1 Å². The third-order valence-electron chi connectivity index (χ3n) is 1.65. The lowest BCUT2D eigenvalue weighted by Crippen LogP contribution is -1.92. The molecule has 0 bridgehead atoms. The number of halogens is 1. The van der Waals surface area contributed by atoms with E-state index in [1.165, 1.54) is 0 Å². The molecule has 0 radical (unpaired) electrons. The predicted molar refractivity (Wildman–Crippen MR) is 55.0 cm³/mol. The summed E-state index contributed by atoms with van der Waals surface area (Å²) in [6.07, 6.45) is 1.63. The van der Waals surface area contributed by atoms with Gasteiger partial charge in [0.2, 0.25) is 0 Å². The number of aromatic nitrogens is 1. The van der Waals surface area contributed by atoms with E-state index in [9.17, 15) is 0 Å². The van der Waals surface area contributed by atoms with Crippen LogP contribution in [-0.2, 0) is 6.61 Å². The zero-order chi connectivity index (χ0) is 9.80. The molecule has 1 aromatic heterocycles. The quantitative estimate of drug-likeness (QED) is 0.844. The molecule has 14 heavy (non-hydrogen) atoms. The molecular formula is C10H8BrNO2. The first-order valence-electron chi connectivity index (χ1n) is 4.12. The smallest absolute Gasteiger partial charge is 0.264 e. The number of hydrogen-bond acceptors (Lipinski definition) is 3. The Morgan fingerprint density at radius 1 is 1.29 bits per heavy atom. The van der Waals surface area contributed by atoms with Crippen molar-refractivity contribution in [3.63, 3.8) is 0 Å². The second-order valence-corrected chi connectivity index (χ2v) is 3.36. The van der Waals surface area contributed by atoms with Crippen molar-refractivity contribution >= 4 is 15.9 Å². The maximum atomic E-state index is 5.45. The van der Waals surface area contributed by atoms with Crippen LogP contribution >= 0.6 is 15.9 Å². The van der Waals surface area contributed by atoms with Gasteiger partial charge in [0.05, 0.1) is 6.20 Å². The van der Waals surface area contributed by atoms with Crippen LogP contribution in [0.5, 0.6) is 5.75 Å². The zero-order valence-electron chi connectivity index (χ0n) is 7.31. The highest BCUT2D eigenvalue weighted by Crippen LogP contribution is 2.14. The maximum Gasteiger partial charge on any atom is 0.264 e. The first-order chi connectivity index (χ1) is 6.84. The van der Waals surface area contributed by atoms with Crippen LogP contribution in [0.4, 0.5) is 0 Å². The summed E-state index contributed by atoms with van der Waals surface area (Å²) in [5.41, 5.74) is 0. The van der Waals surface area contributed by atoms with E-state index in [-0.39, 0.29) is 0 Å². The summed E-state index contributed by atoms with van der Waals surface area (Å²) < 4.78 is 10.6. The number of ether oxygens (including phenoxy) is 1. The van der Waals surface area contributed by atoms with Gasteiger partial charge in [-0.25, -0.2) is 4.98 Å². The number of nitrogens with zero attached hydrogens (tertiary/aromatic N) is 1. The minimum atomic E-state index is 0.391. The number of hydrogen-bond donors (Lipinski definition) is 0. The van der Waals surface area contributed by atoms with Gasteiger partial charge in [-0.2, -0.15) is 0 Å². The van der Waals surface area contributed by atoms with Gasteiger partial charge in [0.1, 0.15) is 12.4 Å². The Bertz CT molecular complexity index is 400. The molecule has 72 valence electrons. The largest absolute Gasteiger partial charge is 0.486 e. The molecule has 0 unspecified atom stereocenters. The molecule has 4 heteroatoms. The van der Waals surface area contributed by atoms with Gasteiger partial charge in [-0.1, -0.05) is 18.2 Å². The lowest BCUT2D eigenvalue weighted by atomic mass is 10.3. The zero-order valence-corrected chi connectivity index (χ0v) is 8.90. The third kappa shape index (κ3) is 2.35. The summed E-state index contributed by atoms with van der Waals surface area (Å²) in [6, 6.07) is 9.58. The van der Waals surface area contributed by atoms with Crippen LogP contribution in [0.2, 0.25) is 0 Å². The molecule has 0 saturated heterocycles. The molecule has 0 spiro atoms. The van der Waals surface area contributed by atoms with E-state index in [0.717, 1.165) is 5.75 Å². The van der Waals surface area contributed by atoms with Crippen molar-refractivity contribution < 1.29 is 9.15 Å². The summed E-state index contributed by atoms with van der Waals surface area (Å²) in [6.45, 7) is 0.391. The lowest BCUT2D eigenvalue weighted by molar-refractivity contribution is 0.267. The topological polar surface area (TPSA) is 35.3 Å². The Labute approximate surface area is 89.8 Å². The molecule has 0 aliphatic carbocycles. The summed E-state index contributed by atoms with van der Waals surface area (Å²) in [7, 11) is 0. The molecule has 0 amide bonds. The SMILES string of the molecule is Brc1ncc(COc2ccccc2)o1. The maximum absolute atomic E-state index is 5.45. The van der Waals surface area contributed by atoms with Crippen molar-refractivity contribution in [1.82, 2.24) is 4.98 Å². The van der Waals surface area contributed by atoms with Crippen molar-refractivity contribution in [3.8, 4) is 5.75 Å².